The number of nitrogens with zero attached hydrogens (tertiary/aromatic N) is 1. The number of aromatic nitrogens is 2. The van der Waals surface area contributed by atoms with E-state index in [-0.39, 0.29) is 36.9 Å². The number of aryl methyl sites for hydroxylation is 1. The molecule has 2 amide bonds. The summed E-state index contributed by atoms with van der Waals surface area (Å²) in [4.78, 5) is 39.3. The highest BCUT2D eigenvalue weighted by Crippen LogP contribution is 2.27. The van der Waals surface area contributed by atoms with Crippen molar-refractivity contribution in [1.29, 1.82) is 0 Å². The van der Waals surface area contributed by atoms with Crippen molar-refractivity contribution in [2.75, 3.05) is 26.7 Å². The average molecular weight is 449 g/mol. The zero-order valence-electron chi connectivity index (χ0n) is 18.8. The molecule has 2 heterocycles. The maximum atomic E-state index is 13.0. The third kappa shape index (κ3) is 4.90. The molecule has 1 atom stereocenters. The first-order valence-electron chi connectivity index (χ1n) is 10.9. The first-order chi connectivity index (χ1) is 15.9. The summed E-state index contributed by atoms with van der Waals surface area (Å²) in [7, 11) is 1.57. The van der Waals surface area contributed by atoms with Crippen LogP contribution in [0.3, 0.4) is 0 Å². The first-order valence-corrected chi connectivity index (χ1v) is 10.9. The van der Waals surface area contributed by atoms with Gasteiger partial charge in [-0.2, -0.15) is 0 Å². The van der Waals surface area contributed by atoms with Gasteiger partial charge in [0.1, 0.15) is 0 Å². The predicted octanol–water partition coefficient (Wildman–Crippen LogP) is 1.81. The number of nitrogens with one attached hydrogen (secondary N) is 3. The Labute approximate surface area is 191 Å². The molecule has 0 spiro atoms. The number of rotatable bonds is 6. The van der Waals surface area contributed by atoms with Crippen molar-refractivity contribution >= 4 is 11.8 Å². The molecule has 1 fully saturated rings. The van der Waals surface area contributed by atoms with Gasteiger partial charge in [0.05, 0.1) is 19.6 Å². The fourth-order valence-corrected chi connectivity index (χ4v) is 4.23. The van der Waals surface area contributed by atoms with Crippen LogP contribution in [0.25, 0.3) is 11.1 Å². The summed E-state index contributed by atoms with van der Waals surface area (Å²) < 4.78 is 6.04. The predicted molar refractivity (Wildman–Crippen MR) is 125 cm³/mol. The number of hydrogen-bond acceptors (Lipinski definition) is 4. The Balaban J connectivity index is 1.57. The van der Waals surface area contributed by atoms with Crippen LogP contribution in [0.15, 0.2) is 59.5 Å². The van der Waals surface area contributed by atoms with Gasteiger partial charge >= 0.3 is 0 Å². The molecule has 172 valence electrons. The molecule has 3 aromatic rings. The molecule has 1 aliphatic heterocycles. The summed E-state index contributed by atoms with van der Waals surface area (Å²) in [6, 6.07) is 16.3. The second-order valence-electron chi connectivity index (χ2n) is 8.43. The monoisotopic (exact) mass is 448 g/mol. The topological polar surface area (TPSA) is 107 Å². The third-order valence-corrected chi connectivity index (χ3v) is 6.05. The minimum absolute atomic E-state index is 0.0361. The molecule has 8 nitrogen and oxygen atoms in total. The number of aromatic amines is 2. The summed E-state index contributed by atoms with van der Waals surface area (Å²) in [5.74, 6) is -0.495. The molecule has 1 unspecified atom stereocenters. The largest absolute Gasteiger partial charge is 0.361 e. The Morgan fingerprint density at radius 2 is 1.94 bits per heavy atom. The smallest absolute Gasteiger partial charge is 0.267 e. The molecule has 3 N–H and O–H groups in total. The first kappa shape index (κ1) is 22.5. The molecular formula is C25H28N4O4. The zero-order chi connectivity index (χ0) is 23.4. The van der Waals surface area contributed by atoms with Crippen molar-refractivity contribution in [3.63, 3.8) is 0 Å². The van der Waals surface area contributed by atoms with Gasteiger partial charge in [0.15, 0.2) is 5.60 Å². The van der Waals surface area contributed by atoms with Crippen molar-refractivity contribution in [2.45, 2.75) is 25.4 Å². The summed E-state index contributed by atoms with van der Waals surface area (Å²) in [5, 5.41) is 7.74. The van der Waals surface area contributed by atoms with Gasteiger partial charge in [-0.3, -0.25) is 19.5 Å². The van der Waals surface area contributed by atoms with E-state index in [9.17, 15) is 14.4 Å². The van der Waals surface area contributed by atoms with E-state index in [2.05, 4.69) is 45.8 Å². The van der Waals surface area contributed by atoms with Crippen molar-refractivity contribution < 1.29 is 14.3 Å². The van der Waals surface area contributed by atoms with E-state index in [1.807, 2.05) is 25.1 Å². The van der Waals surface area contributed by atoms with E-state index in [4.69, 9.17) is 4.74 Å². The Hall–Kier alpha value is -3.65. The molecule has 0 aliphatic carbocycles. The number of morpholine rings is 1. The minimum Gasteiger partial charge on any atom is -0.361 e. The highest BCUT2D eigenvalue weighted by molar-refractivity contribution is 5.87. The molecule has 1 saturated heterocycles. The lowest BCUT2D eigenvalue weighted by Crippen LogP contribution is -2.61. The van der Waals surface area contributed by atoms with E-state index in [1.54, 1.807) is 11.9 Å². The molecule has 1 aromatic heterocycles. The van der Waals surface area contributed by atoms with Crippen LogP contribution in [0.1, 0.15) is 16.7 Å². The molecule has 2 aromatic carbocycles. The fraction of sp³-hybridized carbons (Fsp3) is 0.320. The van der Waals surface area contributed by atoms with Crippen molar-refractivity contribution in [3.8, 4) is 11.1 Å². The Morgan fingerprint density at radius 3 is 2.64 bits per heavy atom. The molecule has 0 saturated carbocycles. The molecular weight excluding hydrogens is 420 g/mol. The maximum absolute atomic E-state index is 13.0. The van der Waals surface area contributed by atoms with Crippen LogP contribution in [0.5, 0.6) is 0 Å². The van der Waals surface area contributed by atoms with E-state index in [0.29, 0.717) is 18.5 Å². The third-order valence-electron chi connectivity index (χ3n) is 6.05. The lowest BCUT2D eigenvalue weighted by Gasteiger charge is -2.41. The van der Waals surface area contributed by atoms with Crippen LogP contribution >= 0.6 is 0 Å². The zero-order valence-corrected chi connectivity index (χ0v) is 18.8. The summed E-state index contributed by atoms with van der Waals surface area (Å²) in [5.41, 5.74) is 3.11. The van der Waals surface area contributed by atoms with Gasteiger partial charge < -0.3 is 20.1 Å². The van der Waals surface area contributed by atoms with Crippen LogP contribution in [-0.2, 0) is 27.2 Å². The van der Waals surface area contributed by atoms with Crippen LogP contribution in [0.4, 0.5) is 0 Å². The second-order valence-corrected chi connectivity index (χ2v) is 8.43. The highest BCUT2D eigenvalue weighted by atomic mass is 16.5. The fourth-order valence-electron chi connectivity index (χ4n) is 4.23. The molecule has 1 aliphatic rings. The minimum atomic E-state index is -1.21. The highest BCUT2D eigenvalue weighted by Gasteiger charge is 2.44. The number of carbonyl (C=O) groups excluding carboxylic acids is 2. The lowest BCUT2D eigenvalue weighted by molar-refractivity contribution is -0.165. The quantitative estimate of drug-likeness (QED) is 0.535. The number of ether oxygens (including phenoxy) is 1. The van der Waals surface area contributed by atoms with E-state index < -0.39 is 5.60 Å². The maximum Gasteiger partial charge on any atom is 0.267 e. The number of amides is 2. The van der Waals surface area contributed by atoms with Gasteiger partial charge in [0.2, 0.25) is 5.91 Å². The molecule has 0 radical (unpaired) electrons. The Morgan fingerprint density at radius 1 is 1.15 bits per heavy atom. The SMILES string of the molecule is CNC(=O)C1(Cc2cccc(-c3ccc(C)cc3)c2)CN(C(=O)Cc2c[nH][nH]c2=O)CCO1. The summed E-state index contributed by atoms with van der Waals surface area (Å²) in [6.45, 7) is 2.76. The van der Waals surface area contributed by atoms with Crippen LogP contribution in [-0.4, -0.2) is 59.3 Å². The van der Waals surface area contributed by atoms with Crippen LogP contribution in [0, 0.1) is 6.92 Å². The van der Waals surface area contributed by atoms with Gasteiger partial charge in [-0.1, -0.05) is 54.1 Å². The second kappa shape index (κ2) is 9.46. The van der Waals surface area contributed by atoms with Crippen LogP contribution < -0.4 is 10.9 Å². The molecule has 0 bridgehead atoms. The van der Waals surface area contributed by atoms with E-state index in [1.165, 1.54) is 11.8 Å². The van der Waals surface area contributed by atoms with E-state index >= 15 is 0 Å². The Kier molecular flexibility index (Phi) is 6.46. The van der Waals surface area contributed by atoms with Gasteiger partial charge in [-0.25, -0.2) is 0 Å². The van der Waals surface area contributed by atoms with E-state index in [0.717, 1.165) is 16.7 Å². The summed E-state index contributed by atoms with van der Waals surface area (Å²) in [6.07, 6.45) is 1.77. The molecule has 8 heteroatoms. The van der Waals surface area contributed by atoms with Gasteiger partial charge in [-0.15, -0.1) is 0 Å². The molecule has 4 rings (SSSR count). The van der Waals surface area contributed by atoms with Gasteiger partial charge in [-0.05, 0) is 23.6 Å². The number of hydrogen-bond donors (Lipinski definition) is 3. The van der Waals surface area contributed by atoms with Gasteiger partial charge in [0, 0.05) is 31.8 Å². The van der Waals surface area contributed by atoms with Crippen molar-refractivity contribution in [2.24, 2.45) is 0 Å². The average Bonchev–Trinajstić information content (AvgIpc) is 3.23. The van der Waals surface area contributed by atoms with Crippen LogP contribution in [0.2, 0.25) is 0 Å². The summed E-state index contributed by atoms with van der Waals surface area (Å²) >= 11 is 0. The number of likely N-dealkylation sites (N-methyl/N-ethyl adjacent to an activating group) is 1. The molecule has 33 heavy (non-hydrogen) atoms. The number of benzene rings is 2. The van der Waals surface area contributed by atoms with Crippen molar-refractivity contribution in [1.82, 2.24) is 20.4 Å². The number of carbonyl (C=O) groups is 2. The standard InChI is InChI=1S/C25H28N4O4/c1-17-6-8-19(9-7-17)20-5-3-4-18(12-20)14-25(24(32)26-2)16-29(10-11-33-25)22(30)13-21-15-27-28-23(21)31/h3-9,12,15H,10-11,13-14,16H2,1-2H3,(H,26,32)(H2,27,28,31). The normalized spacial score (nSPS) is 18.2. The number of H-pyrrole nitrogens is 2. The lowest BCUT2D eigenvalue weighted by atomic mass is 9.89. The Bertz CT molecular complexity index is 1200. The van der Waals surface area contributed by atoms with Crippen molar-refractivity contribution in [3.05, 3.63) is 81.8 Å². The van der Waals surface area contributed by atoms with Gasteiger partial charge in [0.25, 0.3) is 11.5 Å².